The van der Waals surface area contributed by atoms with Gasteiger partial charge in [-0.2, -0.15) is 13.2 Å². The minimum Gasteiger partial charge on any atom is -0.484 e. The SMILES string of the molecule is Cc1c(OCC(F)(F)F)ccc(C(=O)OC(C)C)c1N. The maximum absolute atomic E-state index is 12.1. The molecule has 0 bridgehead atoms. The Bertz CT molecular complexity index is 498. The normalized spacial score (nSPS) is 11.6. The lowest BCUT2D eigenvalue weighted by atomic mass is 10.1. The summed E-state index contributed by atoms with van der Waals surface area (Å²) in [6, 6.07) is 2.56. The van der Waals surface area contributed by atoms with Crippen molar-refractivity contribution in [1.29, 1.82) is 0 Å². The number of rotatable bonds is 4. The lowest BCUT2D eigenvalue weighted by Gasteiger charge is -2.15. The molecular formula is C13H16F3NO3. The van der Waals surface area contributed by atoms with E-state index in [9.17, 15) is 18.0 Å². The number of halogens is 3. The van der Waals surface area contributed by atoms with E-state index >= 15 is 0 Å². The summed E-state index contributed by atoms with van der Waals surface area (Å²) >= 11 is 0. The Morgan fingerprint density at radius 1 is 1.35 bits per heavy atom. The number of esters is 1. The second kappa shape index (κ2) is 6.02. The Kier molecular flexibility index (Phi) is 4.86. The van der Waals surface area contributed by atoms with Crippen LogP contribution in [0.5, 0.6) is 5.75 Å². The van der Waals surface area contributed by atoms with Crippen molar-refractivity contribution in [2.75, 3.05) is 12.3 Å². The highest BCUT2D eigenvalue weighted by Crippen LogP contribution is 2.29. The zero-order chi connectivity index (χ0) is 15.5. The van der Waals surface area contributed by atoms with Crippen molar-refractivity contribution in [1.82, 2.24) is 0 Å². The van der Waals surface area contributed by atoms with Crippen molar-refractivity contribution in [3.8, 4) is 5.75 Å². The van der Waals surface area contributed by atoms with Crippen molar-refractivity contribution in [3.05, 3.63) is 23.3 Å². The molecule has 0 aliphatic heterocycles. The van der Waals surface area contributed by atoms with Crippen LogP contribution in [0.4, 0.5) is 18.9 Å². The summed E-state index contributed by atoms with van der Waals surface area (Å²) in [6.45, 7) is 3.43. The van der Waals surface area contributed by atoms with Crippen LogP contribution in [0.1, 0.15) is 29.8 Å². The molecule has 0 aliphatic carbocycles. The molecule has 1 rings (SSSR count). The van der Waals surface area contributed by atoms with Crippen LogP contribution in [0, 0.1) is 6.92 Å². The topological polar surface area (TPSA) is 61.5 Å². The van der Waals surface area contributed by atoms with Crippen molar-refractivity contribution >= 4 is 11.7 Å². The van der Waals surface area contributed by atoms with E-state index in [1.165, 1.54) is 19.1 Å². The number of hydrogen-bond acceptors (Lipinski definition) is 4. The average molecular weight is 291 g/mol. The van der Waals surface area contributed by atoms with Crippen molar-refractivity contribution in [2.24, 2.45) is 0 Å². The highest BCUT2D eigenvalue weighted by atomic mass is 19.4. The summed E-state index contributed by atoms with van der Waals surface area (Å²) in [6.07, 6.45) is -4.75. The molecule has 20 heavy (non-hydrogen) atoms. The fourth-order valence-electron chi connectivity index (χ4n) is 1.48. The van der Waals surface area contributed by atoms with E-state index in [-0.39, 0.29) is 28.7 Å². The van der Waals surface area contributed by atoms with Crippen LogP contribution in [-0.2, 0) is 4.74 Å². The summed E-state index contributed by atoms with van der Waals surface area (Å²) in [5.41, 5.74) is 6.17. The van der Waals surface area contributed by atoms with E-state index in [0.717, 1.165) is 0 Å². The highest BCUT2D eigenvalue weighted by molar-refractivity contribution is 5.96. The Labute approximate surface area is 114 Å². The summed E-state index contributed by atoms with van der Waals surface area (Å²) < 4.78 is 45.9. The van der Waals surface area contributed by atoms with Gasteiger partial charge < -0.3 is 15.2 Å². The van der Waals surface area contributed by atoms with Gasteiger partial charge in [-0.3, -0.25) is 0 Å². The number of anilines is 1. The molecule has 0 amide bonds. The Balaban J connectivity index is 2.95. The van der Waals surface area contributed by atoms with E-state index in [0.29, 0.717) is 0 Å². The number of hydrogen-bond donors (Lipinski definition) is 1. The first-order valence-corrected chi connectivity index (χ1v) is 5.91. The molecule has 0 aromatic heterocycles. The van der Waals surface area contributed by atoms with Gasteiger partial charge in [0.15, 0.2) is 6.61 Å². The molecule has 7 heteroatoms. The van der Waals surface area contributed by atoms with Gasteiger partial charge in [-0.1, -0.05) is 0 Å². The molecule has 0 radical (unpaired) electrons. The third-order valence-electron chi connectivity index (χ3n) is 2.42. The van der Waals surface area contributed by atoms with Crippen LogP contribution in [0.15, 0.2) is 12.1 Å². The van der Waals surface area contributed by atoms with Crippen molar-refractivity contribution in [3.63, 3.8) is 0 Å². The van der Waals surface area contributed by atoms with Crippen LogP contribution in [0.3, 0.4) is 0 Å². The second-order valence-electron chi connectivity index (χ2n) is 4.51. The van der Waals surface area contributed by atoms with Gasteiger partial charge in [0.1, 0.15) is 5.75 Å². The minimum absolute atomic E-state index is 0.0130. The molecular weight excluding hydrogens is 275 g/mol. The molecule has 0 atom stereocenters. The number of carbonyl (C=O) groups is 1. The van der Waals surface area contributed by atoms with Gasteiger partial charge in [0.25, 0.3) is 0 Å². The molecule has 0 aliphatic rings. The predicted molar refractivity (Wildman–Crippen MR) is 67.7 cm³/mol. The molecule has 0 unspecified atom stereocenters. The Morgan fingerprint density at radius 3 is 2.45 bits per heavy atom. The van der Waals surface area contributed by atoms with E-state index in [1.54, 1.807) is 13.8 Å². The summed E-state index contributed by atoms with van der Waals surface area (Å²) in [5, 5.41) is 0. The fourth-order valence-corrected chi connectivity index (χ4v) is 1.48. The van der Waals surface area contributed by atoms with Gasteiger partial charge in [-0.05, 0) is 32.9 Å². The number of carbonyl (C=O) groups excluding carboxylic acids is 1. The smallest absolute Gasteiger partial charge is 0.422 e. The van der Waals surface area contributed by atoms with Gasteiger partial charge >= 0.3 is 12.1 Å². The number of ether oxygens (including phenoxy) is 2. The van der Waals surface area contributed by atoms with Gasteiger partial charge in [0.2, 0.25) is 0 Å². The second-order valence-corrected chi connectivity index (χ2v) is 4.51. The van der Waals surface area contributed by atoms with Crippen LogP contribution in [0.2, 0.25) is 0 Å². The highest BCUT2D eigenvalue weighted by Gasteiger charge is 2.29. The van der Waals surface area contributed by atoms with Gasteiger partial charge in [-0.15, -0.1) is 0 Å². The minimum atomic E-state index is -4.43. The maximum Gasteiger partial charge on any atom is 0.422 e. The van der Waals surface area contributed by atoms with Crippen LogP contribution in [-0.4, -0.2) is 24.9 Å². The molecule has 0 saturated carbocycles. The summed E-state index contributed by atoms with van der Waals surface area (Å²) in [4.78, 5) is 11.7. The lowest BCUT2D eigenvalue weighted by molar-refractivity contribution is -0.153. The van der Waals surface area contributed by atoms with Crippen molar-refractivity contribution in [2.45, 2.75) is 33.1 Å². The number of nitrogen functional groups attached to an aromatic ring is 1. The molecule has 1 aromatic rings. The zero-order valence-corrected chi connectivity index (χ0v) is 11.4. The molecule has 0 fully saturated rings. The first-order valence-electron chi connectivity index (χ1n) is 5.91. The predicted octanol–water partition coefficient (Wildman–Crippen LogP) is 3.08. The fraction of sp³-hybridized carbons (Fsp3) is 0.462. The molecule has 1 aromatic carbocycles. The summed E-state index contributed by atoms with van der Waals surface area (Å²) in [7, 11) is 0. The van der Waals surface area contributed by atoms with Gasteiger partial charge in [0, 0.05) is 5.56 Å². The molecule has 112 valence electrons. The largest absolute Gasteiger partial charge is 0.484 e. The first kappa shape index (κ1) is 16.1. The number of benzene rings is 1. The van der Waals surface area contributed by atoms with Crippen LogP contribution in [0.25, 0.3) is 0 Å². The number of nitrogens with two attached hydrogens (primary N) is 1. The van der Waals surface area contributed by atoms with Gasteiger partial charge in [-0.25, -0.2) is 4.79 Å². The van der Waals surface area contributed by atoms with E-state index < -0.39 is 18.8 Å². The quantitative estimate of drug-likeness (QED) is 0.684. The Morgan fingerprint density at radius 2 is 1.95 bits per heavy atom. The average Bonchev–Trinajstić information content (AvgIpc) is 2.28. The van der Waals surface area contributed by atoms with E-state index in [4.69, 9.17) is 10.5 Å². The molecule has 2 N–H and O–H groups in total. The zero-order valence-electron chi connectivity index (χ0n) is 11.4. The molecule has 0 saturated heterocycles. The van der Waals surface area contributed by atoms with Gasteiger partial charge in [0.05, 0.1) is 17.4 Å². The molecule has 0 spiro atoms. The molecule has 0 heterocycles. The summed E-state index contributed by atoms with van der Waals surface area (Å²) in [5.74, 6) is -0.635. The standard InChI is InChI=1S/C13H16F3NO3/c1-7(2)20-12(18)9-4-5-10(8(3)11(9)17)19-6-13(14,15)16/h4-5,7H,6,17H2,1-3H3. The monoisotopic (exact) mass is 291 g/mol. The molecule has 4 nitrogen and oxygen atoms in total. The first-order chi connectivity index (χ1) is 9.11. The number of alkyl halides is 3. The van der Waals surface area contributed by atoms with Crippen molar-refractivity contribution < 1.29 is 27.4 Å². The van der Waals surface area contributed by atoms with E-state index in [2.05, 4.69) is 4.74 Å². The maximum atomic E-state index is 12.1. The van der Waals surface area contributed by atoms with Crippen LogP contribution >= 0.6 is 0 Å². The van der Waals surface area contributed by atoms with E-state index in [1.807, 2.05) is 0 Å². The third-order valence-corrected chi connectivity index (χ3v) is 2.42. The van der Waals surface area contributed by atoms with Crippen LogP contribution < -0.4 is 10.5 Å². The lowest BCUT2D eigenvalue weighted by Crippen LogP contribution is -2.20. The third kappa shape index (κ3) is 4.32. The Hall–Kier alpha value is -1.92.